The largest absolute Gasteiger partial charge is 0.481 e. The van der Waals surface area contributed by atoms with Crippen LogP contribution in [0, 0.1) is 5.92 Å². The van der Waals surface area contributed by atoms with E-state index in [4.69, 9.17) is 9.84 Å². The Morgan fingerprint density at radius 2 is 1.38 bits per heavy atom. The zero-order chi connectivity index (χ0) is 22.5. The first-order valence-corrected chi connectivity index (χ1v) is 11.0. The van der Waals surface area contributed by atoms with Gasteiger partial charge in [-0.3, -0.25) is 9.59 Å². The fraction of sp³-hybridized carbons (Fsp3) is 0.864. The molecule has 29 heavy (non-hydrogen) atoms. The highest BCUT2D eigenvalue weighted by Gasteiger charge is 2.45. The summed E-state index contributed by atoms with van der Waals surface area (Å²) in [5.74, 6) is -3.93. The van der Waals surface area contributed by atoms with Crippen molar-refractivity contribution in [1.29, 1.82) is 0 Å². The van der Waals surface area contributed by atoms with E-state index in [1.165, 1.54) is 0 Å². The molecular formula is C22H40O7. The highest BCUT2D eigenvalue weighted by Crippen LogP contribution is 2.39. The predicted molar refractivity (Wildman–Crippen MR) is 111 cm³/mol. The van der Waals surface area contributed by atoms with Crippen molar-refractivity contribution < 1.29 is 34.4 Å². The summed E-state index contributed by atoms with van der Waals surface area (Å²) in [5.41, 5.74) is -3.38. The van der Waals surface area contributed by atoms with Crippen molar-refractivity contribution in [3.05, 3.63) is 0 Å². The number of esters is 1. The SMILES string of the molecule is CCCCC(CC)C(CCCC)(CCCC)OC(=O)CC(O)(CC(=O)O)C(=O)O. The molecule has 3 N–H and O–H groups in total. The minimum absolute atomic E-state index is 0.141. The van der Waals surface area contributed by atoms with Crippen LogP contribution >= 0.6 is 0 Å². The molecule has 0 aliphatic heterocycles. The van der Waals surface area contributed by atoms with Gasteiger partial charge < -0.3 is 20.1 Å². The zero-order valence-electron chi connectivity index (χ0n) is 18.5. The van der Waals surface area contributed by atoms with Gasteiger partial charge in [0, 0.05) is 0 Å². The van der Waals surface area contributed by atoms with Crippen LogP contribution in [0.15, 0.2) is 0 Å². The second-order valence-electron chi connectivity index (χ2n) is 8.08. The van der Waals surface area contributed by atoms with E-state index in [9.17, 15) is 24.6 Å². The summed E-state index contributed by atoms with van der Waals surface area (Å²) in [6.07, 6.45) is 6.83. The summed E-state index contributed by atoms with van der Waals surface area (Å²) in [4.78, 5) is 35.1. The predicted octanol–water partition coefficient (Wildman–Crippen LogP) is 4.55. The third-order valence-electron chi connectivity index (χ3n) is 5.65. The maximum Gasteiger partial charge on any atom is 0.336 e. The fourth-order valence-corrected chi connectivity index (χ4v) is 3.93. The van der Waals surface area contributed by atoms with Crippen molar-refractivity contribution >= 4 is 17.9 Å². The smallest absolute Gasteiger partial charge is 0.336 e. The molecule has 7 heteroatoms. The van der Waals surface area contributed by atoms with Gasteiger partial charge in [0.05, 0.1) is 12.8 Å². The number of rotatable bonds is 17. The molecule has 0 fully saturated rings. The molecule has 0 saturated heterocycles. The number of carbonyl (C=O) groups excluding carboxylic acids is 1. The van der Waals surface area contributed by atoms with Crippen LogP contribution in [-0.2, 0) is 19.1 Å². The number of hydrogen-bond acceptors (Lipinski definition) is 5. The van der Waals surface area contributed by atoms with Crippen molar-refractivity contribution in [2.45, 2.75) is 116 Å². The van der Waals surface area contributed by atoms with E-state index in [2.05, 4.69) is 27.7 Å². The average molecular weight is 417 g/mol. The molecule has 0 aliphatic carbocycles. The Morgan fingerprint density at radius 1 is 0.862 bits per heavy atom. The molecule has 0 heterocycles. The van der Waals surface area contributed by atoms with E-state index in [1.807, 2.05) is 0 Å². The monoisotopic (exact) mass is 416 g/mol. The summed E-state index contributed by atoms with van der Waals surface area (Å²) >= 11 is 0. The second-order valence-corrected chi connectivity index (χ2v) is 8.08. The van der Waals surface area contributed by atoms with E-state index >= 15 is 0 Å². The van der Waals surface area contributed by atoms with E-state index < -0.39 is 42.0 Å². The van der Waals surface area contributed by atoms with Crippen LogP contribution in [0.2, 0.25) is 0 Å². The molecule has 2 atom stereocenters. The standard InChI is InChI=1S/C22H40O7/c1-5-9-12-17(8-4)22(13-10-6-2,14-11-7-3)29-19(25)16-21(28,20(26)27)15-18(23)24/h17,28H,5-16H2,1-4H3,(H,23,24)(H,26,27). The van der Waals surface area contributed by atoms with Gasteiger partial charge in [0.15, 0.2) is 5.60 Å². The molecule has 0 amide bonds. The Kier molecular flexibility index (Phi) is 12.8. The van der Waals surface area contributed by atoms with Crippen molar-refractivity contribution in [3.8, 4) is 0 Å². The topological polar surface area (TPSA) is 121 Å². The van der Waals surface area contributed by atoms with Crippen LogP contribution in [0.3, 0.4) is 0 Å². The minimum Gasteiger partial charge on any atom is -0.481 e. The maximum absolute atomic E-state index is 12.7. The molecular weight excluding hydrogens is 376 g/mol. The molecule has 0 rings (SSSR count). The Bertz CT molecular complexity index is 509. The quantitative estimate of drug-likeness (QED) is 0.297. The first-order valence-electron chi connectivity index (χ1n) is 11.0. The van der Waals surface area contributed by atoms with Crippen LogP contribution in [0.1, 0.15) is 105 Å². The van der Waals surface area contributed by atoms with Crippen LogP contribution < -0.4 is 0 Å². The van der Waals surface area contributed by atoms with Gasteiger partial charge in [0.25, 0.3) is 0 Å². The van der Waals surface area contributed by atoms with Gasteiger partial charge in [0.1, 0.15) is 5.60 Å². The summed E-state index contributed by atoms with van der Waals surface area (Å²) in [7, 11) is 0. The third kappa shape index (κ3) is 9.15. The van der Waals surface area contributed by atoms with Gasteiger partial charge >= 0.3 is 17.9 Å². The van der Waals surface area contributed by atoms with Crippen molar-refractivity contribution in [2.75, 3.05) is 0 Å². The van der Waals surface area contributed by atoms with Crippen molar-refractivity contribution in [2.24, 2.45) is 5.92 Å². The molecule has 0 radical (unpaired) electrons. The van der Waals surface area contributed by atoms with Crippen molar-refractivity contribution in [1.82, 2.24) is 0 Å². The summed E-state index contributed by atoms with van der Waals surface area (Å²) < 4.78 is 5.96. The Morgan fingerprint density at radius 3 is 1.76 bits per heavy atom. The first-order chi connectivity index (χ1) is 13.6. The van der Waals surface area contributed by atoms with Gasteiger partial charge in [-0.25, -0.2) is 4.79 Å². The molecule has 0 spiro atoms. The second kappa shape index (κ2) is 13.6. The Labute approximate surface area is 174 Å². The molecule has 0 aromatic carbocycles. The number of unbranched alkanes of at least 4 members (excludes halogenated alkanes) is 3. The van der Waals surface area contributed by atoms with E-state index in [1.54, 1.807) is 0 Å². The minimum atomic E-state index is -2.67. The van der Waals surface area contributed by atoms with Crippen LogP contribution in [0.4, 0.5) is 0 Å². The number of carboxylic acids is 2. The van der Waals surface area contributed by atoms with Crippen LogP contribution in [0.25, 0.3) is 0 Å². The van der Waals surface area contributed by atoms with Gasteiger partial charge in [-0.2, -0.15) is 0 Å². The van der Waals surface area contributed by atoms with Crippen LogP contribution in [-0.4, -0.2) is 44.4 Å². The summed E-state index contributed by atoms with van der Waals surface area (Å²) in [6.45, 7) is 8.31. The highest BCUT2D eigenvalue weighted by molar-refractivity contribution is 5.88. The van der Waals surface area contributed by atoms with Crippen LogP contribution in [0.5, 0.6) is 0 Å². The summed E-state index contributed by atoms with van der Waals surface area (Å²) in [6, 6.07) is 0. The number of aliphatic hydroxyl groups is 1. The van der Waals surface area contributed by atoms with Gasteiger partial charge in [-0.05, 0) is 44.4 Å². The van der Waals surface area contributed by atoms with Gasteiger partial charge in [0.2, 0.25) is 0 Å². The number of aliphatic carboxylic acids is 2. The van der Waals surface area contributed by atoms with E-state index in [0.29, 0.717) is 12.8 Å². The highest BCUT2D eigenvalue weighted by atomic mass is 16.6. The van der Waals surface area contributed by atoms with Gasteiger partial charge in [-0.1, -0.05) is 53.4 Å². The lowest BCUT2D eigenvalue weighted by atomic mass is 9.75. The zero-order valence-corrected chi connectivity index (χ0v) is 18.5. The number of carbonyl (C=O) groups is 3. The molecule has 0 aliphatic rings. The summed E-state index contributed by atoms with van der Waals surface area (Å²) in [5, 5.41) is 28.4. The lowest BCUT2D eigenvalue weighted by molar-refractivity contribution is -0.183. The normalized spacial score (nSPS) is 14.8. The fourth-order valence-electron chi connectivity index (χ4n) is 3.93. The van der Waals surface area contributed by atoms with E-state index in [0.717, 1.165) is 51.4 Å². The molecule has 0 saturated carbocycles. The third-order valence-corrected chi connectivity index (χ3v) is 5.65. The molecule has 170 valence electrons. The number of carboxylic acid groups (broad SMARTS) is 2. The number of ether oxygens (including phenoxy) is 1. The molecule has 0 aromatic heterocycles. The lowest BCUT2D eigenvalue weighted by Crippen LogP contribution is -2.47. The molecule has 0 bridgehead atoms. The first kappa shape index (κ1) is 27.4. The molecule has 2 unspecified atom stereocenters. The lowest BCUT2D eigenvalue weighted by Gasteiger charge is -2.41. The van der Waals surface area contributed by atoms with Crippen molar-refractivity contribution in [3.63, 3.8) is 0 Å². The molecule has 0 aromatic rings. The average Bonchev–Trinajstić information content (AvgIpc) is 2.64. The van der Waals surface area contributed by atoms with Gasteiger partial charge in [-0.15, -0.1) is 0 Å². The number of hydrogen-bond donors (Lipinski definition) is 3. The Hall–Kier alpha value is -1.63. The maximum atomic E-state index is 12.7. The Balaban J connectivity index is 5.75. The van der Waals surface area contributed by atoms with E-state index in [-0.39, 0.29) is 5.92 Å². The molecule has 7 nitrogen and oxygen atoms in total.